The van der Waals surface area contributed by atoms with Crippen molar-refractivity contribution in [3.63, 3.8) is 0 Å². The maximum Gasteiger partial charge on any atom is 0.252 e. The van der Waals surface area contributed by atoms with Crippen LogP contribution in [0.4, 0.5) is 0 Å². The van der Waals surface area contributed by atoms with E-state index >= 15 is 0 Å². The van der Waals surface area contributed by atoms with Gasteiger partial charge in [-0.1, -0.05) is 0 Å². The Hall–Kier alpha value is -0.610. The molecular formula is C12H12BrIN2O. The number of hydrogen-bond donors (Lipinski definition) is 1. The summed E-state index contributed by atoms with van der Waals surface area (Å²) >= 11 is 5.53. The molecule has 0 heterocycles. The number of nitriles is 1. The Morgan fingerprint density at radius 1 is 1.47 bits per heavy atom. The fourth-order valence-corrected chi connectivity index (χ4v) is 2.22. The molecule has 0 bridgehead atoms. The molecule has 0 fully saturated rings. The minimum atomic E-state index is -0.0765. The van der Waals surface area contributed by atoms with Crippen LogP contribution in [-0.2, 0) is 0 Å². The number of carbonyl (C=O) groups is 1. The second-order valence-electron chi connectivity index (χ2n) is 3.50. The van der Waals surface area contributed by atoms with Gasteiger partial charge in [-0.3, -0.25) is 4.79 Å². The maximum atomic E-state index is 11.8. The summed E-state index contributed by atoms with van der Waals surface area (Å²) in [6, 6.07) is 7.73. The van der Waals surface area contributed by atoms with E-state index in [0.29, 0.717) is 18.5 Å². The van der Waals surface area contributed by atoms with Crippen LogP contribution in [0, 0.1) is 14.9 Å². The SMILES string of the molecule is N#CCCCCNC(=O)c1cc(I)ccc1Br. The maximum absolute atomic E-state index is 11.8. The van der Waals surface area contributed by atoms with Crippen molar-refractivity contribution >= 4 is 44.4 Å². The van der Waals surface area contributed by atoms with Crippen LogP contribution in [0.2, 0.25) is 0 Å². The van der Waals surface area contributed by atoms with E-state index in [1.165, 1.54) is 0 Å². The van der Waals surface area contributed by atoms with E-state index in [1.54, 1.807) is 0 Å². The highest BCUT2D eigenvalue weighted by Crippen LogP contribution is 2.19. The van der Waals surface area contributed by atoms with Gasteiger partial charge in [-0.15, -0.1) is 0 Å². The van der Waals surface area contributed by atoms with E-state index in [0.717, 1.165) is 20.9 Å². The van der Waals surface area contributed by atoms with Gasteiger partial charge in [-0.25, -0.2) is 0 Å². The number of nitrogens with zero attached hydrogens (tertiary/aromatic N) is 1. The van der Waals surface area contributed by atoms with Crippen LogP contribution < -0.4 is 5.32 Å². The van der Waals surface area contributed by atoms with Gasteiger partial charge < -0.3 is 5.32 Å². The summed E-state index contributed by atoms with van der Waals surface area (Å²) < 4.78 is 1.83. The molecular weight excluding hydrogens is 395 g/mol. The predicted molar refractivity (Wildman–Crippen MR) is 78.7 cm³/mol. The van der Waals surface area contributed by atoms with Crippen LogP contribution in [0.15, 0.2) is 22.7 Å². The number of carbonyl (C=O) groups excluding carboxylic acids is 1. The molecule has 0 unspecified atom stereocenters. The average Bonchev–Trinajstić information content (AvgIpc) is 2.32. The van der Waals surface area contributed by atoms with Crippen molar-refractivity contribution in [3.8, 4) is 6.07 Å². The Bertz CT molecular complexity index is 443. The fourth-order valence-electron chi connectivity index (χ4n) is 1.30. The van der Waals surface area contributed by atoms with E-state index in [-0.39, 0.29) is 5.91 Å². The summed E-state index contributed by atoms with van der Waals surface area (Å²) in [5.41, 5.74) is 0.650. The lowest BCUT2D eigenvalue weighted by molar-refractivity contribution is 0.0952. The normalized spacial score (nSPS) is 9.71. The lowest BCUT2D eigenvalue weighted by Crippen LogP contribution is -2.24. The molecule has 0 saturated carbocycles. The highest BCUT2D eigenvalue weighted by molar-refractivity contribution is 14.1. The smallest absolute Gasteiger partial charge is 0.252 e. The van der Waals surface area contributed by atoms with Crippen molar-refractivity contribution in [1.29, 1.82) is 5.26 Å². The van der Waals surface area contributed by atoms with Gasteiger partial charge in [0, 0.05) is 21.0 Å². The number of nitrogens with one attached hydrogen (secondary N) is 1. The third-order valence-corrected chi connectivity index (χ3v) is 3.54. The first-order valence-corrected chi connectivity index (χ1v) is 7.12. The first-order chi connectivity index (χ1) is 8.15. The van der Waals surface area contributed by atoms with Crippen molar-refractivity contribution in [2.75, 3.05) is 6.54 Å². The number of amides is 1. The third-order valence-electron chi connectivity index (χ3n) is 2.17. The lowest BCUT2D eigenvalue weighted by atomic mass is 10.2. The lowest BCUT2D eigenvalue weighted by Gasteiger charge is -2.06. The van der Waals surface area contributed by atoms with Gasteiger partial charge in [0.05, 0.1) is 11.6 Å². The van der Waals surface area contributed by atoms with Gasteiger partial charge in [0.1, 0.15) is 0 Å². The van der Waals surface area contributed by atoms with Crippen molar-refractivity contribution in [1.82, 2.24) is 5.32 Å². The van der Waals surface area contributed by atoms with Gasteiger partial charge in [-0.05, 0) is 69.6 Å². The molecule has 5 heteroatoms. The molecule has 0 aliphatic carbocycles. The van der Waals surface area contributed by atoms with E-state index < -0.39 is 0 Å². The quantitative estimate of drug-likeness (QED) is 0.601. The molecule has 90 valence electrons. The van der Waals surface area contributed by atoms with Crippen LogP contribution >= 0.6 is 38.5 Å². The molecule has 1 N–H and O–H groups in total. The molecule has 1 aromatic rings. The molecule has 0 aliphatic heterocycles. The van der Waals surface area contributed by atoms with Crippen LogP contribution in [0.25, 0.3) is 0 Å². The summed E-state index contributed by atoms with van der Waals surface area (Å²) in [5, 5.41) is 11.2. The zero-order valence-corrected chi connectivity index (χ0v) is 12.9. The average molecular weight is 407 g/mol. The molecule has 0 spiro atoms. The van der Waals surface area contributed by atoms with Gasteiger partial charge in [0.25, 0.3) is 5.91 Å². The summed E-state index contributed by atoms with van der Waals surface area (Å²) in [5.74, 6) is -0.0765. The Balaban J connectivity index is 2.47. The van der Waals surface area contributed by atoms with Crippen LogP contribution in [-0.4, -0.2) is 12.5 Å². The fraction of sp³-hybridized carbons (Fsp3) is 0.333. The molecule has 1 aromatic carbocycles. The summed E-state index contributed by atoms with van der Waals surface area (Å²) in [6.45, 7) is 0.610. The zero-order chi connectivity index (χ0) is 12.7. The van der Waals surface area contributed by atoms with Gasteiger partial charge >= 0.3 is 0 Å². The molecule has 0 saturated heterocycles. The molecule has 17 heavy (non-hydrogen) atoms. The Kier molecular flexibility index (Phi) is 6.52. The Morgan fingerprint density at radius 3 is 2.94 bits per heavy atom. The van der Waals surface area contributed by atoms with Crippen molar-refractivity contribution in [3.05, 3.63) is 31.8 Å². The molecule has 0 aliphatic rings. The highest BCUT2D eigenvalue weighted by atomic mass is 127. The largest absolute Gasteiger partial charge is 0.352 e. The zero-order valence-electron chi connectivity index (χ0n) is 9.17. The minimum absolute atomic E-state index is 0.0765. The topological polar surface area (TPSA) is 52.9 Å². The third kappa shape index (κ3) is 5.04. The standard InChI is InChI=1S/C12H12BrIN2O/c13-11-5-4-9(14)8-10(11)12(17)16-7-3-1-2-6-15/h4-5,8H,1-3,7H2,(H,16,17). The molecule has 1 rings (SSSR count). The number of unbranched alkanes of at least 4 members (excludes halogenated alkanes) is 2. The highest BCUT2D eigenvalue weighted by Gasteiger charge is 2.09. The summed E-state index contributed by atoms with van der Waals surface area (Å²) in [4.78, 5) is 11.8. The van der Waals surface area contributed by atoms with Gasteiger partial charge in [-0.2, -0.15) is 5.26 Å². The molecule has 0 atom stereocenters. The Labute approximate surface area is 123 Å². The van der Waals surface area contributed by atoms with E-state index in [9.17, 15) is 4.79 Å². The van der Waals surface area contributed by atoms with Crippen molar-refractivity contribution in [2.45, 2.75) is 19.3 Å². The number of hydrogen-bond acceptors (Lipinski definition) is 2. The second-order valence-corrected chi connectivity index (χ2v) is 5.60. The van der Waals surface area contributed by atoms with E-state index in [1.807, 2.05) is 18.2 Å². The molecule has 0 aromatic heterocycles. The number of benzene rings is 1. The molecule has 0 radical (unpaired) electrons. The first kappa shape index (κ1) is 14.5. The van der Waals surface area contributed by atoms with Crippen molar-refractivity contribution in [2.24, 2.45) is 0 Å². The minimum Gasteiger partial charge on any atom is -0.352 e. The van der Waals surface area contributed by atoms with E-state index in [4.69, 9.17) is 5.26 Å². The van der Waals surface area contributed by atoms with Crippen molar-refractivity contribution < 1.29 is 4.79 Å². The van der Waals surface area contributed by atoms with Crippen LogP contribution in [0.3, 0.4) is 0 Å². The Morgan fingerprint density at radius 2 is 2.24 bits per heavy atom. The number of halogens is 2. The molecule has 3 nitrogen and oxygen atoms in total. The van der Waals surface area contributed by atoms with Crippen LogP contribution in [0.5, 0.6) is 0 Å². The monoisotopic (exact) mass is 406 g/mol. The first-order valence-electron chi connectivity index (χ1n) is 5.25. The number of rotatable bonds is 5. The predicted octanol–water partition coefficient (Wildman–Crippen LogP) is 3.48. The summed E-state index contributed by atoms with van der Waals surface area (Å²) in [6.07, 6.45) is 2.20. The second kappa shape index (κ2) is 7.67. The molecule has 1 amide bonds. The van der Waals surface area contributed by atoms with Gasteiger partial charge in [0.15, 0.2) is 0 Å². The van der Waals surface area contributed by atoms with Gasteiger partial charge in [0.2, 0.25) is 0 Å². The van der Waals surface area contributed by atoms with Crippen LogP contribution in [0.1, 0.15) is 29.6 Å². The van der Waals surface area contributed by atoms with E-state index in [2.05, 4.69) is 49.9 Å². The summed E-state index contributed by atoms with van der Waals surface area (Å²) in [7, 11) is 0.